The minimum atomic E-state index is -2.14. The first-order chi connectivity index (χ1) is 53.0. The number of ether oxygens (including phenoxy) is 4. The highest BCUT2D eigenvalue weighted by atomic mass is 35.5. The number of aromatic hydroxyl groups is 3. The summed E-state index contributed by atoms with van der Waals surface area (Å²) in [5, 5.41) is 120. The molecule has 5 amide bonds. The number of rotatable bonds is 22. The van der Waals surface area contributed by atoms with E-state index in [4.69, 9.17) is 47.9 Å². The third kappa shape index (κ3) is 18.0. The monoisotopic (exact) mass is 1570 g/mol. The third-order valence-corrected chi connectivity index (χ3v) is 24.0. The molecular formula is C82H100Cl2N6O21. The molecule has 6 aliphatic heterocycles. The van der Waals surface area contributed by atoms with Crippen LogP contribution in [-0.4, -0.2) is 149 Å². The highest BCUT2D eigenvalue weighted by molar-refractivity contribution is 6.32. The van der Waals surface area contributed by atoms with Gasteiger partial charge in [0.05, 0.1) is 34.1 Å². The highest BCUT2D eigenvalue weighted by Crippen LogP contribution is 2.58. The predicted octanol–water partition coefficient (Wildman–Crippen LogP) is 8.68. The molecular weight excluding hydrogens is 1480 g/mol. The number of carbonyl (C=O) groups is 8. The van der Waals surface area contributed by atoms with Gasteiger partial charge in [0.2, 0.25) is 41.6 Å². The van der Waals surface area contributed by atoms with Gasteiger partial charge in [0.15, 0.2) is 28.8 Å². The van der Waals surface area contributed by atoms with Gasteiger partial charge in [0.1, 0.15) is 89.5 Å². The maximum Gasteiger partial charge on any atom is 0.246 e. The van der Waals surface area contributed by atoms with E-state index in [0.717, 1.165) is 82.8 Å². The molecule has 0 aromatic heterocycles. The van der Waals surface area contributed by atoms with Gasteiger partial charge in [0.25, 0.3) is 0 Å². The van der Waals surface area contributed by atoms with E-state index in [9.17, 15) is 55.5 Å². The lowest BCUT2D eigenvalue weighted by molar-refractivity contribution is -0.277. The van der Waals surface area contributed by atoms with Crippen LogP contribution in [0.1, 0.15) is 200 Å². The Bertz CT molecular complexity index is 4320. The maximum absolute atomic E-state index is 16.4. The lowest BCUT2D eigenvalue weighted by atomic mass is 9.51. The average Bonchev–Trinajstić information content (AvgIpc) is 0.755. The van der Waals surface area contributed by atoms with Gasteiger partial charge >= 0.3 is 0 Å². The van der Waals surface area contributed by atoms with E-state index in [1.807, 2.05) is 13.8 Å². The van der Waals surface area contributed by atoms with Crippen molar-refractivity contribution in [1.29, 1.82) is 0 Å². The van der Waals surface area contributed by atoms with Gasteiger partial charge in [-0.1, -0.05) is 101 Å². The number of aliphatic hydroxyl groups excluding tert-OH is 6. The second-order valence-corrected chi connectivity index (χ2v) is 32.5. The van der Waals surface area contributed by atoms with E-state index in [-0.39, 0.29) is 103 Å². The molecule has 5 fully saturated rings. The first-order valence-electron chi connectivity index (χ1n) is 38.7. The SMILES string of the molecule is CCCCCCCCNCc1c(O)cc2c(c1O)-c1cc(ccc1O)[C@H]1CC(=O)[C@@H]3NC(=O)[C@H](CC(N)=O)CC(=O)[C@H](NC(=O)[C@H](CC)CC(C)C)[C@H](O)c4ccc(c(Cl)c4)Oc4cc3cc(c4O[C@@H]3O[C@H](CO)[C@@H](O)[C@H](O)[C@H]3O)Oc3ccc(cc3Cl)[C@@H](O)[C@H](NC1=O)C(=O)N[C@@H]2C(=O)CC1C2CC3CC(C2)CC1C3. The van der Waals surface area contributed by atoms with Crippen molar-refractivity contribution in [3.05, 3.63) is 116 Å². The van der Waals surface area contributed by atoms with Crippen LogP contribution in [0.4, 0.5) is 0 Å². The van der Waals surface area contributed by atoms with Crippen molar-refractivity contribution >= 4 is 70.1 Å². The summed E-state index contributed by atoms with van der Waals surface area (Å²) in [5.74, 6) is -14.8. The summed E-state index contributed by atoms with van der Waals surface area (Å²) in [6.07, 6.45) is -5.28. The second kappa shape index (κ2) is 35.3. The largest absolute Gasteiger partial charge is 0.507 e. The normalized spacial score (nSPS) is 28.8. The second-order valence-electron chi connectivity index (χ2n) is 31.7. The molecule has 598 valence electrons. The van der Waals surface area contributed by atoms with Crippen molar-refractivity contribution in [3.8, 4) is 57.1 Å². The van der Waals surface area contributed by atoms with Gasteiger partial charge in [-0.25, -0.2) is 0 Å². The molecule has 0 spiro atoms. The number of nitrogens with one attached hydrogen (secondary N) is 5. The number of halogens is 2. The molecule has 27 nitrogen and oxygen atoms in total. The molecule has 4 saturated carbocycles. The molecule has 15 bridgehead atoms. The fourth-order valence-electron chi connectivity index (χ4n) is 17.7. The lowest BCUT2D eigenvalue weighted by Gasteiger charge is -2.54. The number of fused-ring (bicyclic) bond motifs is 15. The number of Topliss-reactive ketones (excluding diaryl/α,β-unsaturated/α-hetero) is 3. The van der Waals surface area contributed by atoms with Gasteiger partial charge in [-0.3, -0.25) is 38.4 Å². The standard InChI is InChI=1S/C82H100Cl2N6O21/c1-5-7-8-9-10-11-18-86-35-52-56(93)34-51-66(73(52)100)50-25-41(12-15-55(50)92)49-33-58(95)67-46-29-62(108-60-16-13-42(26-53(60)83)71(98)69(89-78(104)40(6-2)19-37(3)4)57(94)28-47(31-65(85)97)79(105)87-67)77(111-82-76(103)75(102)74(101)64(36-91)110-82)63(30-46)109-61-17-14-43(27-54(61)84)72(99)70(90-80(49)106)81(107)88-68(51)59(96)32-48-44-21-38-20-39(23-44)24-45(48)22-38/h12-17,25-27,29-30,34,37-40,44-45,47-49,64,67-72,74-76,82,86,91-93,98-103H,5-11,18-24,28,31-33,35-36H2,1-4H3,(H2,85,97)(H,87,105)(H,88,107)(H,89,104)(H,90,106)/t38?,39?,40-,44?,45?,47+,48?,49-,64-,67-,68+,69+,70+,71-,72-,74-,75+,76-,82+/m1/s1. The van der Waals surface area contributed by atoms with E-state index in [1.54, 1.807) is 6.92 Å². The number of primary amides is 1. The molecule has 5 aromatic carbocycles. The van der Waals surface area contributed by atoms with Crippen LogP contribution in [0.25, 0.3) is 11.1 Å². The zero-order valence-electron chi connectivity index (χ0n) is 62.4. The van der Waals surface area contributed by atoms with E-state index in [1.165, 1.54) is 60.7 Å². The summed E-state index contributed by atoms with van der Waals surface area (Å²) < 4.78 is 25.5. The number of benzene rings is 5. The number of phenolic OH excluding ortho intramolecular Hbond substituents is 3. The van der Waals surface area contributed by atoms with Crippen LogP contribution in [0.5, 0.6) is 46.0 Å². The zero-order valence-corrected chi connectivity index (χ0v) is 63.9. The Morgan fingerprint density at radius 3 is 1.90 bits per heavy atom. The summed E-state index contributed by atoms with van der Waals surface area (Å²) in [6, 6.07) is 6.84. The lowest BCUT2D eigenvalue weighted by Crippen LogP contribution is -2.60. The fourth-order valence-corrected chi connectivity index (χ4v) is 18.2. The minimum absolute atomic E-state index is 0.00390. The van der Waals surface area contributed by atoms with Gasteiger partial charge in [-0.2, -0.15) is 0 Å². The zero-order chi connectivity index (χ0) is 79.5. The van der Waals surface area contributed by atoms with Gasteiger partial charge in [0, 0.05) is 49.3 Å². The van der Waals surface area contributed by atoms with Crippen LogP contribution in [0.15, 0.2) is 72.8 Å². The van der Waals surface area contributed by atoms with Crippen LogP contribution in [0.3, 0.4) is 0 Å². The van der Waals surface area contributed by atoms with Crippen molar-refractivity contribution < 1.29 is 103 Å². The molecule has 29 heteroatoms. The Balaban J connectivity index is 1.06. The number of aliphatic hydroxyl groups is 6. The summed E-state index contributed by atoms with van der Waals surface area (Å²) in [5.41, 5.74) is 4.51. The van der Waals surface area contributed by atoms with E-state index < -0.39 is 192 Å². The van der Waals surface area contributed by atoms with Crippen LogP contribution in [0, 0.1) is 47.3 Å². The van der Waals surface area contributed by atoms with Crippen molar-refractivity contribution in [3.63, 3.8) is 0 Å². The van der Waals surface area contributed by atoms with Crippen molar-refractivity contribution in [2.24, 2.45) is 53.1 Å². The summed E-state index contributed by atoms with van der Waals surface area (Å²) >= 11 is 14.3. The third-order valence-electron chi connectivity index (χ3n) is 23.5. The Morgan fingerprint density at radius 1 is 0.658 bits per heavy atom. The van der Waals surface area contributed by atoms with E-state index >= 15 is 28.8 Å². The summed E-state index contributed by atoms with van der Waals surface area (Å²) in [4.78, 5) is 122. The average molecular weight is 1580 g/mol. The van der Waals surface area contributed by atoms with Crippen molar-refractivity contribution in [2.75, 3.05) is 13.2 Å². The summed E-state index contributed by atoms with van der Waals surface area (Å²) in [7, 11) is 0. The maximum atomic E-state index is 16.4. The number of amides is 5. The molecule has 15 rings (SSSR count). The number of unbranched alkanes of at least 4 members (excludes halogenated alkanes) is 5. The molecule has 0 unspecified atom stereocenters. The van der Waals surface area contributed by atoms with E-state index in [2.05, 4.69) is 33.5 Å². The Hall–Kier alpha value is -8.48. The Morgan fingerprint density at radius 2 is 1.29 bits per heavy atom. The predicted molar refractivity (Wildman–Crippen MR) is 404 cm³/mol. The quantitative estimate of drug-likeness (QED) is 0.0288. The molecule has 5 aromatic rings. The molecule has 1 saturated heterocycles. The van der Waals surface area contributed by atoms with Crippen LogP contribution >= 0.6 is 23.2 Å². The molecule has 0 radical (unpaired) electrons. The van der Waals surface area contributed by atoms with Gasteiger partial charge in [-0.15, -0.1) is 0 Å². The van der Waals surface area contributed by atoms with Gasteiger partial charge < -0.3 is 97.2 Å². The van der Waals surface area contributed by atoms with Gasteiger partial charge in [-0.05, 0) is 176 Å². The van der Waals surface area contributed by atoms with Crippen LogP contribution < -0.4 is 46.5 Å². The molecule has 16 N–H and O–H groups in total. The number of phenols is 3. The number of hydrogen-bond donors (Lipinski definition) is 15. The topological polar surface area (TPSA) is 442 Å². The smallest absolute Gasteiger partial charge is 0.246 e. The van der Waals surface area contributed by atoms with Crippen molar-refractivity contribution in [1.82, 2.24) is 26.6 Å². The minimum Gasteiger partial charge on any atom is -0.507 e. The Kier molecular flexibility index (Phi) is 26.1. The summed E-state index contributed by atoms with van der Waals surface area (Å²) in [6.45, 7) is 7.09. The van der Waals surface area contributed by atoms with E-state index in [0.29, 0.717) is 31.2 Å². The molecule has 111 heavy (non-hydrogen) atoms. The van der Waals surface area contributed by atoms with Crippen LogP contribution in [0.2, 0.25) is 10.0 Å². The number of hydrogen-bond acceptors (Lipinski definition) is 22. The fraction of sp³-hybridized carbons (Fsp3) is 0.537. The van der Waals surface area contributed by atoms with Crippen LogP contribution in [-0.2, 0) is 49.6 Å². The number of nitrogens with two attached hydrogens (primary N) is 1. The first-order valence-corrected chi connectivity index (χ1v) is 39.4. The molecule has 4 aliphatic carbocycles. The molecule has 6 heterocycles. The highest BCUT2D eigenvalue weighted by Gasteiger charge is 2.51. The number of carbonyl (C=O) groups excluding carboxylic acids is 8. The Labute approximate surface area is 652 Å². The number of ketones is 3. The molecule has 14 atom stereocenters. The van der Waals surface area contributed by atoms with Crippen molar-refractivity contribution in [2.45, 2.75) is 216 Å². The first kappa shape index (κ1) is 82.0. The molecule has 10 aliphatic rings.